The standard InChI is InChI=1S/C8H20O5P2S2.C4H8.H3O3P/c1-5-9-14(16,10-6-2)13-15(17,11-7-3)12-8-4;2*1-4(2)3/h5-8H2,1-4H3;1H2,2-3H3;4H,(H2,1,2,3). The van der Waals surface area contributed by atoms with Crippen molar-refractivity contribution in [2.75, 3.05) is 26.4 Å². The Bertz CT molecular complexity index is 394. The molecule has 0 unspecified atom stereocenters. The van der Waals surface area contributed by atoms with Crippen LogP contribution in [0.15, 0.2) is 12.2 Å². The summed E-state index contributed by atoms with van der Waals surface area (Å²) in [5.74, 6) is 0. The van der Waals surface area contributed by atoms with Gasteiger partial charge in [0.25, 0.3) is 0 Å². The lowest BCUT2D eigenvalue weighted by atomic mass is 10.4. The summed E-state index contributed by atoms with van der Waals surface area (Å²) < 4.78 is 35.7. The zero-order valence-corrected chi connectivity index (χ0v) is 20.0. The van der Waals surface area contributed by atoms with Gasteiger partial charge in [-0.05, 0) is 65.2 Å². The lowest BCUT2D eigenvalue weighted by Gasteiger charge is -2.27. The van der Waals surface area contributed by atoms with E-state index in [2.05, 4.69) is 6.58 Å². The van der Waals surface area contributed by atoms with E-state index in [1.807, 2.05) is 41.5 Å². The first kappa shape index (κ1) is 30.7. The Kier molecular flexibility index (Phi) is 22.5. The fourth-order valence-corrected chi connectivity index (χ4v) is 7.30. The van der Waals surface area contributed by atoms with E-state index >= 15 is 0 Å². The molecule has 0 aromatic carbocycles. The molecule has 0 spiro atoms. The molecule has 2 N–H and O–H groups in total. The summed E-state index contributed by atoms with van der Waals surface area (Å²) in [4.78, 5) is 14.3. The van der Waals surface area contributed by atoms with Gasteiger partial charge in [0.15, 0.2) is 0 Å². The van der Waals surface area contributed by atoms with Gasteiger partial charge >= 0.3 is 21.7 Å². The van der Waals surface area contributed by atoms with Crippen molar-refractivity contribution in [1.29, 1.82) is 0 Å². The second-order valence-electron chi connectivity index (χ2n) is 4.14. The normalized spacial score (nSPS) is 11.2. The quantitative estimate of drug-likeness (QED) is 0.357. The van der Waals surface area contributed by atoms with Gasteiger partial charge in [-0.25, -0.2) is 4.31 Å². The Hall–Kier alpha value is 0.990. The van der Waals surface area contributed by atoms with Crippen LogP contribution in [0.25, 0.3) is 0 Å². The molecule has 25 heavy (non-hydrogen) atoms. The molecule has 0 fully saturated rings. The van der Waals surface area contributed by atoms with Gasteiger partial charge in [-0.2, -0.15) is 0 Å². The largest absolute Gasteiger partial charge is 0.334 e. The number of hydrogen-bond acceptors (Lipinski definition) is 8. The minimum atomic E-state index is -3.13. The summed E-state index contributed by atoms with van der Waals surface area (Å²) >= 11 is 10.4. The highest BCUT2D eigenvalue weighted by atomic mass is 32.5. The van der Waals surface area contributed by atoms with Crippen molar-refractivity contribution in [3.63, 3.8) is 0 Å². The molecule has 0 atom stereocenters. The van der Waals surface area contributed by atoms with Crippen molar-refractivity contribution in [3.05, 3.63) is 12.2 Å². The van der Waals surface area contributed by atoms with Crippen LogP contribution in [0.5, 0.6) is 0 Å². The molecule has 0 aromatic heterocycles. The molecular weight excluding hydrogens is 429 g/mol. The first-order valence-corrected chi connectivity index (χ1v) is 13.9. The van der Waals surface area contributed by atoms with Gasteiger partial charge in [-0.3, -0.25) is 4.57 Å². The predicted octanol–water partition coefficient (Wildman–Crippen LogP) is 4.54. The Morgan fingerprint density at radius 3 is 1.16 bits per heavy atom. The third-order valence-electron chi connectivity index (χ3n) is 1.35. The Morgan fingerprint density at radius 2 is 1.04 bits per heavy atom. The van der Waals surface area contributed by atoms with E-state index in [-0.39, 0.29) is 0 Å². The fraction of sp³-hybridized carbons (Fsp3) is 0.833. The second kappa shape index (κ2) is 18.4. The van der Waals surface area contributed by atoms with Crippen LogP contribution in [-0.2, 0) is 50.6 Å². The van der Waals surface area contributed by atoms with Gasteiger partial charge in [0.1, 0.15) is 0 Å². The molecule has 0 aliphatic rings. The first-order valence-electron chi connectivity index (χ1n) is 7.45. The van der Waals surface area contributed by atoms with Crippen molar-refractivity contribution in [3.8, 4) is 0 Å². The topological polar surface area (TPSA) is 104 Å². The third-order valence-corrected chi connectivity index (χ3v) is 7.71. The van der Waals surface area contributed by atoms with Crippen molar-refractivity contribution in [1.82, 2.24) is 0 Å². The predicted molar refractivity (Wildman–Crippen MR) is 110 cm³/mol. The molecule has 0 aliphatic heterocycles. The Labute approximate surface area is 162 Å². The van der Waals surface area contributed by atoms with Crippen LogP contribution in [-0.4, -0.2) is 36.2 Å². The maximum atomic E-state index is 8.74. The average molecular weight is 460 g/mol. The second-order valence-corrected chi connectivity index (χ2v) is 10.9. The molecular formula is C12H31O8P3S2. The van der Waals surface area contributed by atoms with Crippen molar-refractivity contribution < 1.29 is 36.8 Å². The number of hydrogen-bond donors (Lipinski definition) is 2. The smallest absolute Gasteiger partial charge is 0.326 e. The molecule has 0 saturated heterocycles. The molecule has 13 heteroatoms. The summed E-state index contributed by atoms with van der Waals surface area (Å²) in [6, 6.07) is 0. The van der Waals surface area contributed by atoms with Crippen LogP contribution < -0.4 is 0 Å². The van der Waals surface area contributed by atoms with Crippen molar-refractivity contribution in [2.24, 2.45) is 0 Å². The Balaban J connectivity index is -0.000000503. The lowest BCUT2D eigenvalue weighted by Crippen LogP contribution is -2.03. The summed E-state index contributed by atoms with van der Waals surface area (Å²) in [6.07, 6.45) is 0. The molecule has 0 aliphatic carbocycles. The molecule has 0 saturated carbocycles. The summed E-state index contributed by atoms with van der Waals surface area (Å²) in [5, 5.41) is 0. The van der Waals surface area contributed by atoms with Gasteiger partial charge in [-0.1, -0.05) is 5.57 Å². The van der Waals surface area contributed by atoms with Crippen molar-refractivity contribution in [2.45, 2.75) is 41.5 Å². The molecule has 0 heterocycles. The highest BCUT2D eigenvalue weighted by Crippen LogP contribution is 2.66. The first-order chi connectivity index (χ1) is 11.4. The minimum Gasteiger partial charge on any atom is -0.326 e. The minimum absolute atomic E-state index is 0.394. The molecule has 0 bridgehead atoms. The number of rotatable bonds is 10. The highest BCUT2D eigenvalue weighted by molar-refractivity contribution is 8.14. The maximum absolute atomic E-state index is 8.74. The van der Waals surface area contributed by atoms with Crippen LogP contribution in [0.3, 0.4) is 0 Å². The van der Waals surface area contributed by atoms with Gasteiger partial charge in [0, 0.05) is 0 Å². The van der Waals surface area contributed by atoms with Crippen LogP contribution in [0.2, 0.25) is 0 Å². The van der Waals surface area contributed by atoms with E-state index in [0.29, 0.717) is 26.4 Å². The molecule has 0 aromatic rings. The van der Waals surface area contributed by atoms with E-state index < -0.39 is 21.7 Å². The lowest BCUT2D eigenvalue weighted by molar-refractivity contribution is 0.176. The molecule has 0 amide bonds. The monoisotopic (exact) mass is 460 g/mol. The van der Waals surface area contributed by atoms with E-state index in [4.69, 9.17) is 60.4 Å². The summed E-state index contributed by atoms with van der Waals surface area (Å²) in [6.45, 7) is 10.6. The van der Waals surface area contributed by atoms with Gasteiger partial charge in [-0.15, -0.1) is 6.58 Å². The zero-order valence-electron chi connectivity index (χ0n) is 15.6. The fourth-order valence-electron chi connectivity index (χ4n) is 0.924. The highest BCUT2D eigenvalue weighted by Gasteiger charge is 2.31. The van der Waals surface area contributed by atoms with Crippen LogP contribution in [0.4, 0.5) is 0 Å². The SMILES string of the molecule is C=C(C)C.CCOP(=S)(OCC)OP(=S)(OCC)OCC.O=[PH](O)O. The van der Waals surface area contributed by atoms with Crippen LogP contribution in [0, 0.1) is 0 Å². The van der Waals surface area contributed by atoms with E-state index in [9.17, 15) is 0 Å². The van der Waals surface area contributed by atoms with Crippen LogP contribution >= 0.6 is 21.7 Å². The van der Waals surface area contributed by atoms with Crippen molar-refractivity contribution >= 4 is 45.3 Å². The zero-order chi connectivity index (χ0) is 20.5. The Morgan fingerprint density at radius 1 is 0.880 bits per heavy atom. The summed E-state index contributed by atoms with van der Waals surface area (Å²) in [7, 11) is -3.13. The summed E-state index contributed by atoms with van der Waals surface area (Å²) in [5.41, 5.74) is 1.17. The van der Waals surface area contributed by atoms with Gasteiger partial charge in [0.05, 0.1) is 26.4 Å². The van der Waals surface area contributed by atoms with Gasteiger partial charge in [0.2, 0.25) is 0 Å². The maximum Gasteiger partial charge on any atom is 0.334 e. The molecule has 0 radical (unpaired) electrons. The third kappa shape index (κ3) is 25.0. The average Bonchev–Trinajstić information content (AvgIpc) is 2.37. The van der Waals surface area contributed by atoms with E-state index in [1.54, 1.807) is 0 Å². The van der Waals surface area contributed by atoms with Gasteiger partial charge < -0.3 is 27.9 Å². The van der Waals surface area contributed by atoms with E-state index in [0.717, 1.165) is 0 Å². The molecule has 8 nitrogen and oxygen atoms in total. The number of allylic oxidation sites excluding steroid dienone is 1. The molecule has 0 rings (SSSR count). The molecule has 154 valence electrons. The van der Waals surface area contributed by atoms with E-state index in [1.165, 1.54) is 5.57 Å². The van der Waals surface area contributed by atoms with Crippen LogP contribution in [0.1, 0.15) is 41.5 Å².